The largest absolute Gasteiger partial charge is 0.393 e. The summed E-state index contributed by atoms with van der Waals surface area (Å²) in [5.41, 5.74) is 0.971. The molecule has 3 aliphatic rings. The van der Waals surface area contributed by atoms with Crippen LogP contribution in [-0.4, -0.2) is 11.2 Å². The van der Waals surface area contributed by atoms with E-state index in [1.807, 2.05) is 0 Å². The molecule has 3 fully saturated rings. The van der Waals surface area contributed by atoms with Gasteiger partial charge in [0.05, 0.1) is 6.10 Å². The summed E-state index contributed by atoms with van der Waals surface area (Å²) in [6, 6.07) is 0. The second-order valence-corrected chi connectivity index (χ2v) is 7.50. The summed E-state index contributed by atoms with van der Waals surface area (Å²) in [5.74, 6) is 3.21. The van der Waals surface area contributed by atoms with Crippen LogP contribution >= 0.6 is 0 Å². The van der Waals surface area contributed by atoms with Crippen molar-refractivity contribution < 1.29 is 5.11 Å². The molecule has 0 aliphatic heterocycles. The van der Waals surface area contributed by atoms with Crippen LogP contribution in [0.1, 0.15) is 53.4 Å². The molecule has 3 rings (SSSR count). The molecule has 0 aromatic heterocycles. The Bertz CT molecular complexity index is 305. The van der Waals surface area contributed by atoms with E-state index >= 15 is 0 Å². The Hall–Kier alpha value is -0.0400. The van der Waals surface area contributed by atoms with Gasteiger partial charge in [0.1, 0.15) is 0 Å². The number of hydrogen-bond donors (Lipinski definition) is 1. The fourth-order valence-electron chi connectivity index (χ4n) is 5.63. The van der Waals surface area contributed by atoms with Gasteiger partial charge in [-0.05, 0) is 60.2 Å². The summed E-state index contributed by atoms with van der Waals surface area (Å²) in [7, 11) is 0. The molecular weight excluding hydrogens is 196 g/mol. The van der Waals surface area contributed by atoms with Crippen molar-refractivity contribution in [2.24, 2.45) is 34.5 Å². The van der Waals surface area contributed by atoms with E-state index in [0.717, 1.165) is 24.2 Å². The average Bonchev–Trinajstić information content (AvgIpc) is 2.78. The molecule has 0 aromatic rings. The molecule has 0 unspecified atom stereocenters. The van der Waals surface area contributed by atoms with Crippen molar-refractivity contribution in [3.05, 3.63) is 0 Å². The van der Waals surface area contributed by atoms with Crippen LogP contribution in [0.2, 0.25) is 0 Å². The maximum atomic E-state index is 10.3. The molecule has 0 amide bonds. The van der Waals surface area contributed by atoms with Crippen LogP contribution in [0.3, 0.4) is 0 Å². The highest BCUT2D eigenvalue weighted by molar-refractivity contribution is 5.18. The molecule has 0 bridgehead atoms. The number of aliphatic hydroxyl groups is 1. The minimum absolute atomic E-state index is 0.0152. The van der Waals surface area contributed by atoms with E-state index in [2.05, 4.69) is 27.7 Å². The van der Waals surface area contributed by atoms with Crippen molar-refractivity contribution in [2.45, 2.75) is 59.5 Å². The first-order valence-electron chi connectivity index (χ1n) is 7.08. The van der Waals surface area contributed by atoms with Gasteiger partial charge in [-0.2, -0.15) is 0 Å². The molecule has 0 radical (unpaired) electrons. The molecule has 0 heterocycles. The fourth-order valence-corrected chi connectivity index (χ4v) is 5.63. The Labute approximate surface area is 99.6 Å². The van der Waals surface area contributed by atoms with Crippen molar-refractivity contribution in [2.75, 3.05) is 0 Å². The Kier molecular flexibility index (Phi) is 2.11. The van der Waals surface area contributed by atoms with E-state index in [9.17, 15) is 5.11 Å². The topological polar surface area (TPSA) is 20.2 Å². The zero-order valence-electron chi connectivity index (χ0n) is 11.2. The zero-order valence-corrected chi connectivity index (χ0v) is 11.2. The van der Waals surface area contributed by atoms with E-state index in [1.165, 1.54) is 19.3 Å². The Morgan fingerprint density at radius 2 is 1.56 bits per heavy atom. The van der Waals surface area contributed by atoms with Crippen LogP contribution in [0.4, 0.5) is 0 Å². The number of fused-ring (bicyclic) bond motifs is 3. The third kappa shape index (κ3) is 1.11. The normalized spacial score (nSPS) is 58.7. The van der Waals surface area contributed by atoms with Gasteiger partial charge in [0.2, 0.25) is 0 Å². The molecule has 3 aliphatic carbocycles. The maximum Gasteiger partial charge on any atom is 0.0573 e. The van der Waals surface area contributed by atoms with Crippen LogP contribution in [0, 0.1) is 34.5 Å². The lowest BCUT2D eigenvalue weighted by molar-refractivity contribution is -0.0877. The summed E-state index contributed by atoms with van der Waals surface area (Å²) in [6.45, 7) is 9.80. The van der Waals surface area contributed by atoms with Crippen LogP contribution in [-0.2, 0) is 0 Å². The van der Waals surface area contributed by atoms with Gasteiger partial charge in [0.15, 0.2) is 0 Å². The predicted octanol–water partition coefficient (Wildman–Crippen LogP) is 3.47. The number of hydrogen-bond acceptors (Lipinski definition) is 1. The highest BCUT2D eigenvalue weighted by Crippen LogP contribution is 2.75. The van der Waals surface area contributed by atoms with Crippen LogP contribution in [0.25, 0.3) is 0 Å². The third-order valence-electron chi connectivity index (χ3n) is 6.73. The van der Waals surface area contributed by atoms with Crippen LogP contribution in [0.15, 0.2) is 0 Å². The van der Waals surface area contributed by atoms with E-state index in [4.69, 9.17) is 0 Å². The first-order chi connectivity index (χ1) is 7.40. The lowest BCUT2D eigenvalue weighted by Gasteiger charge is -2.52. The first kappa shape index (κ1) is 11.1. The standard InChI is InChI=1S/C15H26O/c1-9-5-8-12(16)10-6-7-11-13(14(11,2)3)15(9,10)4/h9-13,16H,5-8H2,1-4H3/t9-,10-,11-,12+,13+,15+/m0/s1. The Morgan fingerprint density at radius 3 is 2.25 bits per heavy atom. The van der Waals surface area contributed by atoms with Crippen molar-refractivity contribution >= 4 is 0 Å². The molecule has 1 nitrogen and oxygen atoms in total. The maximum absolute atomic E-state index is 10.3. The third-order valence-corrected chi connectivity index (χ3v) is 6.73. The first-order valence-corrected chi connectivity index (χ1v) is 7.08. The molecule has 1 heteroatoms. The van der Waals surface area contributed by atoms with Crippen molar-refractivity contribution in [1.29, 1.82) is 0 Å². The molecule has 16 heavy (non-hydrogen) atoms. The summed E-state index contributed by atoms with van der Waals surface area (Å²) in [5, 5.41) is 10.3. The molecule has 92 valence electrons. The van der Waals surface area contributed by atoms with Crippen molar-refractivity contribution in [1.82, 2.24) is 0 Å². The second-order valence-electron chi connectivity index (χ2n) is 7.50. The van der Waals surface area contributed by atoms with Gasteiger partial charge in [-0.15, -0.1) is 0 Å². The SMILES string of the molecule is C[C@H]1CC[C@@H](O)[C@@H]2CC[C@H]3[C@H](C3(C)C)[C@]12C. The fraction of sp³-hybridized carbons (Fsp3) is 1.00. The summed E-state index contributed by atoms with van der Waals surface area (Å²) >= 11 is 0. The Balaban J connectivity index is 1.97. The van der Waals surface area contributed by atoms with Gasteiger partial charge in [-0.3, -0.25) is 0 Å². The molecule has 6 atom stereocenters. The van der Waals surface area contributed by atoms with Crippen molar-refractivity contribution in [3.63, 3.8) is 0 Å². The average molecular weight is 222 g/mol. The van der Waals surface area contributed by atoms with Crippen molar-refractivity contribution in [3.8, 4) is 0 Å². The quantitative estimate of drug-likeness (QED) is 0.665. The minimum Gasteiger partial charge on any atom is -0.393 e. The van der Waals surface area contributed by atoms with E-state index in [0.29, 0.717) is 16.7 Å². The van der Waals surface area contributed by atoms with Gasteiger partial charge >= 0.3 is 0 Å². The van der Waals surface area contributed by atoms with Gasteiger partial charge < -0.3 is 5.11 Å². The van der Waals surface area contributed by atoms with E-state index in [1.54, 1.807) is 0 Å². The molecule has 1 N–H and O–H groups in total. The molecule has 3 saturated carbocycles. The molecule has 0 saturated heterocycles. The zero-order chi connectivity index (χ0) is 11.7. The second kappa shape index (κ2) is 3.04. The number of rotatable bonds is 0. The smallest absolute Gasteiger partial charge is 0.0573 e. The summed E-state index contributed by atoms with van der Waals surface area (Å²) in [4.78, 5) is 0. The molecule has 0 aromatic carbocycles. The minimum atomic E-state index is -0.0152. The lowest BCUT2D eigenvalue weighted by atomic mass is 9.54. The highest BCUT2D eigenvalue weighted by atomic mass is 16.3. The van der Waals surface area contributed by atoms with E-state index in [-0.39, 0.29) is 6.10 Å². The molecule has 0 spiro atoms. The van der Waals surface area contributed by atoms with E-state index < -0.39 is 0 Å². The predicted molar refractivity (Wildman–Crippen MR) is 66.0 cm³/mol. The Morgan fingerprint density at radius 1 is 0.938 bits per heavy atom. The summed E-state index contributed by atoms with van der Waals surface area (Å²) < 4.78 is 0. The summed E-state index contributed by atoms with van der Waals surface area (Å²) in [6.07, 6.45) is 4.89. The highest BCUT2D eigenvalue weighted by Gasteiger charge is 2.70. The lowest BCUT2D eigenvalue weighted by Crippen LogP contribution is -2.49. The van der Waals surface area contributed by atoms with Gasteiger partial charge in [0.25, 0.3) is 0 Å². The van der Waals surface area contributed by atoms with Crippen LogP contribution in [0.5, 0.6) is 0 Å². The van der Waals surface area contributed by atoms with Crippen LogP contribution < -0.4 is 0 Å². The van der Waals surface area contributed by atoms with Gasteiger partial charge in [0, 0.05) is 0 Å². The monoisotopic (exact) mass is 222 g/mol. The molecular formula is C15H26O. The van der Waals surface area contributed by atoms with Gasteiger partial charge in [-0.25, -0.2) is 0 Å². The number of aliphatic hydroxyl groups excluding tert-OH is 1. The van der Waals surface area contributed by atoms with Gasteiger partial charge in [-0.1, -0.05) is 27.7 Å².